The van der Waals surface area contributed by atoms with Crippen LogP contribution in [0.15, 0.2) is 0 Å². The number of carbonyl (C=O) groups excluding carboxylic acids is 1. The van der Waals surface area contributed by atoms with Gasteiger partial charge in [0.05, 0.1) is 0 Å². The van der Waals surface area contributed by atoms with Crippen molar-refractivity contribution >= 4 is 5.78 Å². The fourth-order valence-electron chi connectivity index (χ4n) is 2.75. The lowest BCUT2D eigenvalue weighted by Crippen LogP contribution is -1.93. The molecule has 0 rings (SSSR count). The maximum atomic E-state index is 10.6. The minimum Gasteiger partial charge on any atom is -0.300 e. The van der Waals surface area contributed by atoms with E-state index in [0.717, 1.165) is 18.8 Å². The fraction of sp³-hybridized carbons (Fsp3) is 0.966. The highest BCUT2D eigenvalue weighted by atomic mass is 16.1. The molecule has 0 aliphatic heterocycles. The van der Waals surface area contributed by atoms with Crippen LogP contribution in [0.4, 0.5) is 0 Å². The quantitative estimate of drug-likeness (QED) is 0.223. The standard InChI is InChI=1S/C11H22O.3C6H14/c1-4-10(2)8-6-5-7-9-11(3)12;3*1-3-5-6-4-2/h10H,4-9H2,1-3H3;3*3-6H2,1-2H3. The van der Waals surface area contributed by atoms with E-state index >= 15 is 0 Å². The van der Waals surface area contributed by atoms with Gasteiger partial charge in [0.2, 0.25) is 0 Å². The predicted molar refractivity (Wildman–Crippen MR) is 143 cm³/mol. The van der Waals surface area contributed by atoms with E-state index in [1.807, 2.05) is 0 Å². The van der Waals surface area contributed by atoms with E-state index in [9.17, 15) is 4.79 Å². The lowest BCUT2D eigenvalue weighted by atomic mass is 10.0. The lowest BCUT2D eigenvalue weighted by molar-refractivity contribution is -0.117. The molecule has 0 radical (unpaired) electrons. The van der Waals surface area contributed by atoms with Crippen molar-refractivity contribution in [3.8, 4) is 0 Å². The second-order valence-electron chi connectivity index (χ2n) is 8.94. The summed E-state index contributed by atoms with van der Waals surface area (Å²) in [7, 11) is 0. The van der Waals surface area contributed by atoms with Crippen molar-refractivity contribution in [1.82, 2.24) is 0 Å². The summed E-state index contributed by atoms with van der Waals surface area (Å²) in [5, 5.41) is 0. The molecule has 0 fully saturated rings. The highest BCUT2D eigenvalue weighted by Crippen LogP contribution is 2.12. The first kappa shape index (κ1) is 37.0. The number of hydrogen-bond donors (Lipinski definition) is 0. The maximum absolute atomic E-state index is 10.6. The van der Waals surface area contributed by atoms with E-state index in [1.54, 1.807) is 6.92 Å². The molecule has 0 saturated carbocycles. The zero-order valence-corrected chi connectivity index (χ0v) is 23.2. The summed E-state index contributed by atoms with van der Waals surface area (Å²) in [6.45, 7) is 19.6. The van der Waals surface area contributed by atoms with Crippen LogP contribution in [0.5, 0.6) is 0 Å². The Morgan fingerprint density at radius 2 is 0.867 bits per heavy atom. The zero-order chi connectivity index (χ0) is 23.9. The summed E-state index contributed by atoms with van der Waals surface area (Å²) in [6.07, 6.45) is 23.6. The zero-order valence-electron chi connectivity index (χ0n) is 23.2. The number of Topliss-reactive ketones (excluding diaryl/α,β-unsaturated/α-hetero) is 1. The Morgan fingerprint density at radius 3 is 1.10 bits per heavy atom. The van der Waals surface area contributed by atoms with E-state index in [1.165, 1.54) is 103 Å². The molecule has 0 amide bonds. The minimum atomic E-state index is 0.332. The molecular weight excluding hydrogens is 364 g/mol. The van der Waals surface area contributed by atoms with Gasteiger partial charge in [-0.05, 0) is 19.3 Å². The van der Waals surface area contributed by atoms with Crippen molar-refractivity contribution in [2.24, 2.45) is 5.92 Å². The highest BCUT2D eigenvalue weighted by Gasteiger charge is 1.98. The maximum Gasteiger partial charge on any atom is 0.129 e. The molecule has 0 aromatic heterocycles. The summed E-state index contributed by atoms with van der Waals surface area (Å²) in [4.78, 5) is 10.6. The van der Waals surface area contributed by atoms with Gasteiger partial charge in [-0.15, -0.1) is 0 Å². The van der Waals surface area contributed by atoms with Gasteiger partial charge in [0.25, 0.3) is 0 Å². The van der Waals surface area contributed by atoms with Crippen LogP contribution in [0.1, 0.15) is 178 Å². The Labute approximate surface area is 194 Å². The largest absolute Gasteiger partial charge is 0.300 e. The predicted octanol–water partition coefficient (Wildman–Crippen LogP) is 11.3. The molecule has 0 N–H and O–H groups in total. The molecule has 0 aromatic rings. The Kier molecular flexibility index (Phi) is 48.3. The molecule has 0 bridgehead atoms. The van der Waals surface area contributed by atoms with Gasteiger partial charge in [-0.2, -0.15) is 0 Å². The molecule has 1 atom stereocenters. The van der Waals surface area contributed by atoms with Crippen LogP contribution in [-0.4, -0.2) is 5.78 Å². The van der Waals surface area contributed by atoms with Gasteiger partial charge < -0.3 is 4.79 Å². The van der Waals surface area contributed by atoms with Crippen LogP contribution in [-0.2, 0) is 4.79 Å². The third-order valence-electron chi connectivity index (χ3n) is 5.29. The summed E-state index contributed by atoms with van der Waals surface area (Å²) in [5.74, 6) is 1.20. The highest BCUT2D eigenvalue weighted by molar-refractivity contribution is 5.75. The van der Waals surface area contributed by atoms with E-state index in [4.69, 9.17) is 0 Å². The lowest BCUT2D eigenvalue weighted by Gasteiger charge is -2.06. The second kappa shape index (κ2) is 39.2. The van der Waals surface area contributed by atoms with E-state index < -0.39 is 0 Å². The van der Waals surface area contributed by atoms with Crippen LogP contribution >= 0.6 is 0 Å². The van der Waals surface area contributed by atoms with Gasteiger partial charge in [-0.1, -0.05) is 158 Å². The second-order valence-corrected chi connectivity index (χ2v) is 8.94. The van der Waals surface area contributed by atoms with Crippen LogP contribution in [0.3, 0.4) is 0 Å². The normalized spacial score (nSPS) is 10.6. The molecule has 1 unspecified atom stereocenters. The number of hydrogen-bond acceptors (Lipinski definition) is 1. The first-order valence-corrected chi connectivity index (χ1v) is 13.9. The molecule has 0 saturated heterocycles. The molecule has 0 heterocycles. The van der Waals surface area contributed by atoms with Crippen LogP contribution in [0, 0.1) is 5.92 Å². The average Bonchev–Trinajstić information content (AvgIpc) is 2.75. The Morgan fingerprint density at radius 1 is 0.533 bits per heavy atom. The molecule has 186 valence electrons. The monoisotopic (exact) mass is 428 g/mol. The Balaban J connectivity index is -0.000000161. The average molecular weight is 429 g/mol. The van der Waals surface area contributed by atoms with Gasteiger partial charge in [0, 0.05) is 6.42 Å². The van der Waals surface area contributed by atoms with Crippen molar-refractivity contribution < 1.29 is 4.79 Å². The minimum absolute atomic E-state index is 0.332. The molecule has 30 heavy (non-hydrogen) atoms. The van der Waals surface area contributed by atoms with Crippen LogP contribution in [0.25, 0.3) is 0 Å². The van der Waals surface area contributed by atoms with Crippen molar-refractivity contribution in [2.45, 2.75) is 178 Å². The fourth-order valence-corrected chi connectivity index (χ4v) is 2.75. The van der Waals surface area contributed by atoms with Crippen molar-refractivity contribution in [3.05, 3.63) is 0 Å². The molecule has 0 aliphatic carbocycles. The molecular formula is C29H64O. The summed E-state index contributed by atoms with van der Waals surface area (Å²) in [5.41, 5.74) is 0. The summed E-state index contributed by atoms with van der Waals surface area (Å²) >= 11 is 0. The smallest absolute Gasteiger partial charge is 0.129 e. The summed E-state index contributed by atoms with van der Waals surface area (Å²) in [6, 6.07) is 0. The molecule has 1 nitrogen and oxygen atoms in total. The molecule has 1 heteroatoms. The SMILES string of the molecule is CCC(C)CCCCCC(C)=O.CCCCCC.CCCCCC.CCCCCC. The van der Waals surface area contributed by atoms with E-state index in [2.05, 4.69) is 55.4 Å². The van der Waals surface area contributed by atoms with Crippen molar-refractivity contribution in [1.29, 1.82) is 0 Å². The number of unbranched alkanes of at least 4 members (excludes halogenated alkanes) is 11. The summed E-state index contributed by atoms with van der Waals surface area (Å²) < 4.78 is 0. The first-order chi connectivity index (χ1) is 14.4. The molecule has 0 aromatic carbocycles. The number of ketones is 1. The Bertz CT molecular complexity index is 228. The number of rotatable bonds is 16. The van der Waals surface area contributed by atoms with Crippen LogP contribution in [0.2, 0.25) is 0 Å². The first-order valence-electron chi connectivity index (χ1n) is 13.9. The number of carbonyl (C=O) groups is 1. The van der Waals surface area contributed by atoms with Crippen molar-refractivity contribution in [3.63, 3.8) is 0 Å². The Hall–Kier alpha value is -0.330. The molecule has 0 aliphatic rings. The van der Waals surface area contributed by atoms with Gasteiger partial charge in [-0.25, -0.2) is 0 Å². The van der Waals surface area contributed by atoms with Gasteiger partial charge in [0.15, 0.2) is 0 Å². The van der Waals surface area contributed by atoms with E-state index in [0.29, 0.717) is 5.78 Å². The van der Waals surface area contributed by atoms with E-state index in [-0.39, 0.29) is 0 Å². The molecule has 0 spiro atoms. The van der Waals surface area contributed by atoms with Crippen LogP contribution < -0.4 is 0 Å². The third kappa shape index (κ3) is 56.5. The van der Waals surface area contributed by atoms with Gasteiger partial charge in [-0.3, -0.25) is 0 Å². The third-order valence-corrected chi connectivity index (χ3v) is 5.29. The van der Waals surface area contributed by atoms with Gasteiger partial charge in [0.1, 0.15) is 5.78 Å². The topological polar surface area (TPSA) is 17.1 Å². The van der Waals surface area contributed by atoms with Crippen molar-refractivity contribution in [2.75, 3.05) is 0 Å². The van der Waals surface area contributed by atoms with Gasteiger partial charge >= 0.3 is 0 Å².